The molecule has 0 spiro atoms. The van der Waals surface area contributed by atoms with Gasteiger partial charge in [-0.3, -0.25) is 4.57 Å². The molecule has 0 amide bonds. The summed E-state index contributed by atoms with van der Waals surface area (Å²) in [5.74, 6) is 1.42. The molecule has 1 aliphatic heterocycles. The van der Waals surface area contributed by atoms with E-state index in [9.17, 15) is 4.39 Å². The lowest BCUT2D eigenvalue weighted by Gasteiger charge is -2.13. The van der Waals surface area contributed by atoms with Gasteiger partial charge in [-0.25, -0.2) is 19.3 Å². The minimum atomic E-state index is -1.18. The first-order valence-corrected chi connectivity index (χ1v) is 7.58. The topological polar surface area (TPSA) is 85.1 Å². The van der Waals surface area contributed by atoms with Crippen molar-refractivity contribution in [3.8, 4) is 0 Å². The highest BCUT2D eigenvalue weighted by atomic mass is 19.1. The number of rotatable bonds is 5. The third kappa shape index (κ3) is 2.42. The van der Waals surface area contributed by atoms with Crippen LogP contribution in [0.5, 0.6) is 0 Å². The Hall–Kier alpha value is -1.80. The third-order valence-corrected chi connectivity index (χ3v) is 4.27. The minimum Gasteiger partial charge on any atom is -0.394 e. The maximum absolute atomic E-state index is 13.8. The predicted octanol–water partition coefficient (Wildman–Crippen LogP) is 1.27. The fraction of sp³-hybridized carbons (Fsp3) is 0.643. The number of hydrogen-bond acceptors (Lipinski definition) is 6. The highest BCUT2D eigenvalue weighted by Crippen LogP contribution is 2.33. The molecule has 0 radical (unpaired) electrons. The van der Waals surface area contributed by atoms with E-state index in [1.807, 2.05) is 0 Å². The third-order valence-electron chi connectivity index (χ3n) is 4.27. The summed E-state index contributed by atoms with van der Waals surface area (Å²) in [6.45, 7) is 0.561. The van der Waals surface area contributed by atoms with E-state index >= 15 is 0 Å². The van der Waals surface area contributed by atoms with E-state index < -0.39 is 18.5 Å². The summed E-state index contributed by atoms with van der Waals surface area (Å²) >= 11 is 0. The van der Waals surface area contributed by atoms with Crippen LogP contribution in [0.1, 0.15) is 25.5 Å². The number of fused-ring (bicyclic) bond motifs is 1. The number of hydrogen-bond donors (Lipinski definition) is 2. The number of halogens is 1. The average molecular weight is 307 g/mol. The molecule has 0 unspecified atom stereocenters. The van der Waals surface area contributed by atoms with Crippen LogP contribution in [-0.2, 0) is 4.74 Å². The Bertz CT molecular complexity index is 674. The van der Waals surface area contributed by atoms with Gasteiger partial charge in [-0.2, -0.15) is 0 Å². The van der Waals surface area contributed by atoms with Crippen LogP contribution in [0.2, 0.25) is 0 Å². The van der Waals surface area contributed by atoms with E-state index in [0.717, 1.165) is 12.5 Å². The molecule has 1 aliphatic carbocycles. The van der Waals surface area contributed by atoms with Crippen molar-refractivity contribution in [1.82, 2.24) is 19.5 Å². The quantitative estimate of drug-likeness (QED) is 0.865. The summed E-state index contributed by atoms with van der Waals surface area (Å²) < 4.78 is 21.0. The molecular formula is C14H18FN5O2. The molecule has 2 N–H and O–H groups in total. The van der Waals surface area contributed by atoms with E-state index in [1.54, 1.807) is 10.9 Å². The number of ether oxygens (including phenoxy) is 1. The highest BCUT2D eigenvalue weighted by Gasteiger charge is 2.36. The molecule has 2 aromatic heterocycles. The Morgan fingerprint density at radius 1 is 1.36 bits per heavy atom. The van der Waals surface area contributed by atoms with Crippen LogP contribution in [0, 0.1) is 5.92 Å². The van der Waals surface area contributed by atoms with Gasteiger partial charge in [-0.1, -0.05) is 0 Å². The molecule has 0 aromatic carbocycles. The molecule has 2 fully saturated rings. The summed E-state index contributed by atoms with van der Waals surface area (Å²) in [6.07, 6.45) is 3.31. The van der Waals surface area contributed by atoms with Gasteiger partial charge in [0.1, 0.15) is 24.8 Å². The molecular weight excluding hydrogens is 289 g/mol. The van der Waals surface area contributed by atoms with Crippen LogP contribution in [-0.4, -0.2) is 50.1 Å². The van der Waals surface area contributed by atoms with Crippen molar-refractivity contribution in [2.45, 2.75) is 37.8 Å². The largest absolute Gasteiger partial charge is 0.394 e. The number of nitrogens with zero attached hydrogens (tertiary/aromatic N) is 4. The van der Waals surface area contributed by atoms with Gasteiger partial charge in [-0.15, -0.1) is 0 Å². The Balaban J connectivity index is 1.61. The van der Waals surface area contributed by atoms with Gasteiger partial charge in [0.15, 0.2) is 17.0 Å². The van der Waals surface area contributed by atoms with E-state index in [4.69, 9.17) is 9.84 Å². The second kappa shape index (κ2) is 5.44. The van der Waals surface area contributed by atoms with Gasteiger partial charge in [-0.05, 0) is 18.8 Å². The molecule has 2 aliphatic rings. The summed E-state index contributed by atoms with van der Waals surface area (Å²) in [4.78, 5) is 12.8. The van der Waals surface area contributed by atoms with Crippen LogP contribution < -0.4 is 5.32 Å². The number of imidazole rings is 1. The maximum Gasteiger partial charge on any atom is 0.167 e. The van der Waals surface area contributed by atoms with Crippen LogP contribution in [0.15, 0.2) is 12.7 Å². The Kier molecular flexibility index (Phi) is 3.42. The Labute approximate surface area is 126 Å². The maximum atomic E-state index is 13.8. The Morgan fingerprint density at radius 2 is 2.23 bits per heavy atom. The fourth-order valence-electron chi connectivity index (χ4n) is 2.78. The number of aliphatic hydroxyl groups excluding tert-OH is 1. The molecule has 4 rings (SSSR count). The number of aliphatic hydroxyl groups is 1. The lowest BCUT2D eigenvalue weighted by molar-refractivity contribution is -0.0323. The molecule has 2 aromatic rings. The van der Waals surface area contributed by atoms with Gasteiger partial charge in [0.25, 0.3) is 0 Å². The zero-order valence-corrected chi connectivity index (χ0v) is 12.0. The summed E-state index contributed by atoms with van der Waals surface area (Å²) in [7, 11) is 0. The molecule has 3 atom stereocenters. The SMILES string of the molecule is OC[C@H]1O[C@@H](n2cnc3c(NCC4CC4)ncnc32)C[C@@H]1F. The standard InChI is InChI=1S/C14H18FN5O2/c15-9-3-11(22-10(9)5-21)20-7-19-12-13(16-4-8-1-2-8)17-6-18-14(12)20/h6-11,21H,1-5H2,(H,16,17,18)/t9-,10+,11+/m0/s1. The number of nitrogens with one attached hydrogen (secondary N) is 1. The zero-order valence-electron chi connectivity index (χ0n) is 12.0. The molecule has 7 nitrogen and oxygen atoms in total. The minimum absolute atomic E-state index is 0.186. The second-order valence-electron chi connectivity index (χ2n) is 5.93. The van der Waals surface area contributed by atoms with E-state index in [0.29, 0.717) is 17.0 Å². The van der Waals surface area contributed by atoms with Crippen molar-refractivity contribution in [2.24, 2.45) is 5.92 Å². The molecule has 8 heteroatoms. The summed E-state index contributed by atoms with van der Waals surface area (Å²) in [5.41, 5.74) is 1.28. The van der Waals surface area contributed by atoms with E-state index in [-0.39, 0.29) is 13.0 Å². The van der Waals surface area contributed by atoms with Gasteiger partial charge in [0.05, 0.1) is 12.9 Å². The van der Waals surface area contributed by atoms with E-state index in [2.05, 4.69) is 20.3 Å². The van der Waals surface area contributed by atoms with Gasteiger partial charge in [0, 0.05) is 13.0 Å². The molecule has 3 heterocycles. The normalized spacial score (nSPS) is 28.4. The van der Waals surface area contributed by atoms with Crippen LogP contribution >= 0.6 is 0 Å². The van der Waals surface area contributed by atoms with Crippen LogP contribution in [0.3, 0.4) is 0 Å². The predicted molar refractivity (Wildman–Crippen MR) is 77.0 cm³/mol. The van der Waals surface area contributed by atoms with Crippen molar-refractivity contribution >= 4 is 17.0 Å². The van der Waals surface area contributed by atoms with E-state index in [1.165, 1.54) is 19.2 Å². The van der Waals surface area contributed by atoms with Crippen molar-refractivity contribution < 1.29 is 14.2 Å². The van der Waals surface area contributed by atoms with Crippen molar-refractivity contribution in [2.75, 3.05) is 18.5 Å². The first kappa shape index (κ1) is 13.8. The number of anilines is 1. The zero-order chi connectivity index (χ0) is 15.1. The lowest BCUT2D eigenvalue weighted by Crippen LogP contribution is -2.21. The molecule has 22 heavy (non-hydrogen) atoms. The van der Waals surface area contributed by atoms with Crippen molar-refractivity contribution in [3.63, 3.8) is 0 Å². The highest BCUT2D eigenvalue weighted by molar-refractivity contribution is 5.82. The lowest BCUT2D eigenvalue weighted by atomic mass is 10.2. The summed E-state index contributed by atoms with van der Waals surface area (Å²) in [6, 6.07) is 0. The monoisotopic (exact) mass is 307 g/mol. The smallest absolute Gasteiger partial charge is 0.167 e. The first-order valence-electron chi connectivity index (χ1n) is 7.58. The number of alkyl halides is 1. The molecule has 1 saturated heterocycles. The van der Waals surface area contributed by atoms with Crippen molar-refractivity contribution in [1.29, 1.82) is 0 Å². The first-order chi connectivity index (χ1) is 10.8. The second-order valence-corrected chi connectivity index (χ2v) is 5.93. The molecule has 0 bridgehead atoms. The average Bonchev–Trinajstić information content (AvgIpc) is 3.13. The molecule has 1 saturated carbocycles. The van der Waals surface area contributed by atoms with Crippen LogP contribution in [0.25, 0.3) is 11.2 Å². The molecule has 118 valence electrons. The summed E-state index contributed by atoms with van der Waals surface area (Å²) in [5, 5.41) is 12.4. The van der Waals surface area contributed by atoms with Gasteiger partial charge < -0.3 is 15.2 Å². The van der Waals surface area contributed by atoms with Crippen LogP contribution in [0.4, 0.5) is 10.2 Å². The van der Waals surface area contributed by atoms with Gasteiger partial charge in [0.2, 0.25) is 0 Å². The van der Waals surface area contributed by atoms with Crippen molar-refractivity contribution in [3.05, 3.63) is 12.7 Å². The number of aromatic nitrogens is 4. The fourth-order valence-corrected chi connectivity index (χ4v) is 2.78. The Morgan fingerprint density at radius 3 is 2.95 bits per heavy atom. The van der Waals surface area contributed by atoms with Gasteiger partial charge >= 0.3 is 0 Å².